The smallest absolute Gasteiger partial charge is 0.319 e. The Kier molecular flexibility index (Phi) is 3.99. The first-order valence-corrected chi connectivity index (χ1v) is 6.36. The van der Waals surface area contributed by atoms with E-state index in [1.165, 1.54) is 12.1 Å². The van der Waals surface area contributed by atoms with E-state index in [-0.39, 0.29) is 17.8 Å². The highest BCUT2D eigenvalue weighted by Gasteiger charge is 2.22. The van der Waals surface area contributed by atoms with E-state index >= 15 is 0 Å². The van der Waals surface area contributed by atoms with Crippen LogP contribution in [-0.2, 0) is 0 Å². The number of nitrogens with one attached hydrogen (secondary N) is 2. The van der Waals surface area contributed by atoms with Crippen LogP contribution in [0.4, 0.5) is 16.2 Å². The van der Waals surface area contributed by atoms with E-state index in [0.29, 0.717) is 11.6 Å². The minimum atomic E-state index is -0.484. The third-order valence-corrected chi connectivity index (χ3v) is 3.34. The van der Waals surface area contributed by atoms with E-state index in [2.05, 4.69) is 17.6 Å². The van der Waals surface area contributed by atoms with Crippen molar-refractivity contribution in [2.24, 2.45) is 5.92 Å². The highest BCUT2D eigenvalue weighted by Crippen LogP contribution is 2.24. The lowest BCUT2D eigenvalue weighted by Crippen LogP contribution is -2.36. The Hall–Kier alpha value is -2.11. The number of benzene rings is 1. The molecule has 1 fully saturated rings. The summed E-state index contributed by atoms with van der Waals surface area (Å²) in [5, 5.41) is 16.1. The first-order chi connectivity index (χ1) is 9.04. The van der Waals surface area contributed by atoms with Gasteiger partial charge in [0.15, 0.2) is 0 Å². The summed E-state index contributed by atoms with van der Waals surface area (Å²) in [5.41, 5.74) is 0.394. The predicted molar refractivity (Wildman–Crippen MR) is 72.1 cm³/mol. The summed E-state index contributed by atoms with van der Waals surface area (Å²) < 4.78 is 0. The van der Waals surface area contributed by atoms with Gasteiger partial charge in [-0.05, 0) is 31.2 Å². The largest absolute Gasteiger partial charge is 0.335 e. The van der Waals surface area contributed by atoms with Crippen LogP contribution in [0.1, 0.15) is 26.2 Å². The molecule has 0 heterocycles. The zero-order chi connectivity index (χ0) is 13.8. The molecule has 102 valence electrons. The van der Waals surface area contributed by atoms with E-state index in [9.17, 15) is 14.9 Å². The molecule has 6 nitrogen and oxygen atoms in total. The second kappa shape index (κ2) is 5.69. The SMILES string of the molecule is CC1CCC(NC(=O)Nc2cccc([N+](=O)[O-])c2)C1. The van der Waals surface area contributed by atoms with E-state index < -0.39 is 4.92 Å². The van der Waals surface area contributed by atoms with Crippen LogP contribution in [0.25, 0.3) is 0 Å². The van der Waals surface area contributed by atoms with Crippen molar-refractivity contribution in [1.82, 2.24) is 5.32 Å². The molecule has 6 heteroatoms. The molecule has 1 aromatic rings. The van der Waals surface area contributed by atoms with Crippen molar-refractivity contribution in [3.05, 3.63) is 34.4 Å². The molecular formula is C13H17N3O3. The van der Waals surface area contributed by atoms with Crippen molar-refractivity contribution >= 4 is 17.4 Å². The Morgan fingerprint density at radius 1 is 1.42 bits per heavy atom. The number of hydrogen-bond acceptors (Lipinski definition) is 3. The van der Waals surface area contributed by atoms with Gasteiger partial charge in [-0.3, -0.25) is 10.1 Å². The van der Waals surface area contributed by atoms with Crippen LogP contribution in [0.2, 0.25) is 0 Å². The molecule has 2 N–H and O–H groups in total. The van der Waals surface area contributed by atoms with Gasteiger partial charge in [0.05, 0.1) is 4.92 Å². The lowest BCUT2D eigenvalue weighted by Gasteiger charge is -2.13. The molecule has 2 rings (SSSR count). The van der Waals surface area contributed by atoms with E-state index in [0.717, 1.165) is 19.3 Å². The van der Waals surface area contributed by atoms with Crippen LogP contribution < -0.4 is 10.6 Å². The molecule has 19 heavy (non-hydrogen) atoms. The first-order valence-electron chi connectivity index (χ1n) is 6.36. The first kappa shape index (κ1) is 13.3. The second-order valence-corrected chi connectivity index (χ2v) is 5.02. The maximum absolute atomic E-state index is 11.8. The molecule has 0 radical (unpaired) electrons. The fourth-order valence-electron chi connectivity index (χ4n) is 2.39. The Balaban J connectivity index is 1.91. The van der Waals surface area contributed by atoms with Crippen molar-refractivity contribution in [3.63, 3.8) is 0 Å². The maximum atomic E-state index is 11.8. The molecule has 2 amide bonds. The summed E-state index contributed by atoms with van der Waals surface area (Å²) in [6, 6.07) is 5.81. The number of urea groups is 1. The van der Waals surface area contributed by atoms with E-state index in [4.69, 9.17) is 0 Å². The number of non-ortho nitro benzene ring substituents is 1. The summed E-state index contributed by atoms with van der Waals surface area (Å²) in [4.78, 5) is 21.9. The van der Waals surface area contributed by atoms with Crippen LogP contribution in [0.3, 0.4) is 0 Å². The van der Waals surface area contributed by atoms with Gasteiger partial charge in [-0.2, -0.15) is 0 Å². The molecule has 1 aliphatic rings. The highest BCUT2D eigenvalue weighted by atomic mass is 16.6. The molecule has 1 aliphatic carbocycles. The maximum Gasteiger partial charge on any atom is 0.319 e. The number of carbonyl (C=O) groups is 1. The number of anilines is 1. The van der Waals surface area contributed by atoms with Crippen molar-refractivity contribution < 1.29 is 9.72 Å². The molecule has 2 atom stereocenters. The lowest BCUT2D eigenvalue weighted by molar-refractivity contribution is -0.384. The highest BCUT2D eigenvalue weighted by molar-refractivity contribution is 5.89. The minimum absolute atomic E-state index is 0.0349. The number of rotatable bonds is 3. The lowest BCUT2D eigenvalue weighted by atomic mass is 10.1. The van der Waals surface area contributed by atoms with Gasteiger partial charge in [0.2, 0.25) is 0 Å². The molecule has 1 saturated carbocycles. The van der Waals surface area contributed by atoms with Gasteiger partial charge in [0, 0.05) is 23.9 Å². The monoisotopic (exact) mass is 263 g/mol. The normalized spacial score (nSPS) is 21.9. The molecule has 1 aromatic carbocycles. The zero-order valence-corrected chi connectivity index (χ0v) is 10.8. The summed E-state index contributed by atoms with van der Waals surface area (Å²) in [5.74, 6) is 0.642. The standard InChI is InChI=1S/C13H17N3O3/c1-9-5-6-11(7-9)15-13(17)14-10-3-2-4-12(8-10)16(18)19/h2-4,8-9,11H,5-7H2,1H3,(H2,14,15,17). The van der Waals surface area contributed by atoms with Gasteiger partial charge in [0.1, 0.15) is 0 Å². The third kappa shape index (κ3) is 3.67. The Bertz CT molecular complexity index is 490. The Morgan fingerprint density at radius 3 is 2.84 bits per heavy atom. The minimum Gasteiger partial charge on any atom is -0.335 e. The number of carbonyl (C=O) groups excluding carboxylic acids is 1. The fraction of sp³-hybridized carbons (Fsp3) is 0.462. The number of hydrogen-bond donors (Lipinski definition) is 2. The zero-order valence-electron chi connectivity index (χ0n) is 10.8. The van der Waals surface area contributed by atoms with Crippen molar-refractivity contribution in [2.45, 2.75) is 32.2 Å². The predicted octanol–water partition coefficient (Wildman–Crippen LogP) is 2.90. The summed E-state index contributed by atoms with van der Waals surface area (Å²) in [7, 11) is 0. The van der Waals surface area contributed by atoms with Crippen LogP contribution in [-0.4, -0.2) is 17.0 Å². The number of nitro benzene ring substituents is 1. The fourth-order valence-corrected chi connectivity index (χ4v) is 2.39. The van der Waals surface area contributed by atoms with Crippen molar-refractivity contribution in [2.75, 3.05) is 5.32 Å². The van der Waals surface area contributed by atoms with Gasteiger partial charge in [-0.25, -0.2) is 4.79 Å². The number of nitrogens with zero attached hydrogens (tertiary/aromatic N) is 1. The van der Waals surface area contributed by atoms with Crippen LogP contribution in [0.5, 0.6) is 0 Å². The van der Waals surface area contributed by atoms with Gasteiger partial charge in [0.25, 0.3) is 5.69 Å². The van der Waals surface area contributed by atoms with Crippen molar-refractivity contribution in [1.29, 1.82) is 0 Å². The molecule has 0 aliphatic heterocycles. The molecule has 2 unspecified atom stereocenters. The van der Waals surface area contributed by atoms with Crippen LogP contribution in [0.15, 0.2) is 24.3 Å². The van der Waals surface area contributed by atoms with E-state index in [1.807, 2.05) is 0 Å². The number of amides is 2. The summed E-state index contributed by atoms with van der Waals surface area (Å²) in [6.45, 7) is 2.17. The Morgan fingerprint density at radius 2 is 2.21 bits per heavy atom. The second-order valence-electron chi connectivity index (χ2n) is 5.02. The molecule has 0 spiro atoms. The van der Waals surface area contributed by atoms with Crippen LogP contribution in [0, 0.1) is 16.0 Å². The number of nitro groups is 1. The van der Waals surface area contributed by atoms with Gasteiger partial charge >= 0.3 is 6.03 Å². The Labute approximate surface area is 111 Å². The van der Waals surface area contributed by atoms with Gasteiger partial charge in [-0.1, -0.05) is 13.0 Å². The van der Waals surface area contributed by atoms with Gasteiger partial charge < -0.3 is 10.6 Å². The summed E-state index contributed by atoms with van der Waals surface area (Å²) >= 11 is 0. The molecule has 0 bridgehead atoms. The molecule has 0 saturated heterocycles. The molecular weight excluding hydrogens is 246 g/mol. The topological polar surface area (TPSA) is 84.3 Å². The van der Waals surface area contributed by atoms with Gasteiger partial charge in [-0.15, -0.1) is 0 Å². The average Bonchev–Trinajstić information content (AvgIpc) is 2.74. The van der Waals surface area contributed by atoms with E-state index in [1.54, 1.807) is 12.1 Å². The van der Waals surface area contributed by atoms with Crippen molar-refractivity contribution in [3.8, 4) is 0 Å². The quantitative estimate of drug-likeness (QED) is 0.649. The average molecular weight is 263 g/mol. The third-order valence-electron chi connectivity index (χ3n) is 3.34. The van der Waals surface area contributed by atoms with Crippen LogP contribution >= 0.6 is 0 Å². The molecule has 0 aromatic heterocycles. The summed E-state index contributed by atoms with van der Waals surface area (Å²) in [6.07, 6.45) is 3.10.